The summed E-state index contributed by atoms with van der Waals surface area (Å²) in [5.74, 6) is -0.0272. The van der Waals surface area contributed by atoms with Gasteiger partial charge in [-0.3, -0.25) is 4.79 Å². The van der Waals surface area contributed by atoms with Gasteiger partial charge in [-0.15, -0.1) is 0 Å². The van der Waals surface area contributed by atoms with Crippen molar-refractivity contribution in [3.8, 4) is 0 Å². The second-order valence-corrected chi connectivity index (χ2v) is 12.4. The fourth-order valence-corrected chi connectivity index (χ4v) is 4.55. The van der Waals surface area contributed by atoms with Crippen LogP contribution in [0.15, 0.2) is 23.4 Å². The zero-order chi connectivity index (χ0) is 16.7. The number of amides is 1. The molecule has 0 saturated carbocycles. The predicted molar refractivity (Wildman–Crippen MR) is 94.0 cm³/mol. The molecular weight excluding hydrogens is 292 g/mol. The summed E-state index contributed by atoms with van der Waals surface area (Å²) in [7, 11) is -2.04. The van der Waals surface area contributed by atoms with Gasteiger partial charge in [0.05, 0.1) is 0 Å². The Bertz CT molecular complexity index is 630. The van der Waals surface area contributed by atoms with E-state index >= 15 is 0 Å². The second kappa shape index (κ2) is 5.54. The molecule has 0 aromatic heterocycles. The summed E-state index contributed by atoms with van der Waals surface area (Å²) in [5, 5.41) is 4.16. The maximum absolute atomic E-state index is 13.0. The molecule has 1 aromatic carbocycles. The first-order valence-corrected chi connectivity index (χ1v) is 10.7. The van der Waals surface area contributed by atoms with Crippen molar-refractivity contribution in [3.63, 3.8) is 0 Å². The number of carbonyl (C=O) groups excluding carboxylic acids is 1. The molecule has 0 aliphatic carbocycles. The number of oxime groups is 1. The summed E-state index contributed by atoms with van der Waals surface area (Å²) in [6, 6.07) is 6.12. The molecule has 1 heterocycles. The van der Waals surface area contributed by atoms with Gasteiger partial charge in [-0.05, 0) is 31.0 Å². The molecule has 0 unspecified atom stereocenters. The van der Waals surface area contributed by atoms with E-state index in [0.29, 0.717) is 12.3 Å². The number of aryl methyl sites for hydroxylation is 1. The van der Waals surface area contributed by atoms with Gasteiger partial charge in [0, 0.05) is 11.3 Å². The third kappa shape index (κ3) is 2.58. The molecule has 2 rings (SSSR count). The highest BCUT2D eigenvalue weighted by Gasteiger charge is 2.49. The van der Waals surface area contributed by atoms with E-state index < -0.39 is 8.24 Å². The van der Waals surface area contributed by atoms with Gasteiger partial charge in [-0.2, -0.15) is 0 Å². The molecule has 0 bridgehead atoms. The second-order valence-electron chi connectivity index (χ2n) is 7.33. The molecule has 1 amide bonds. The van der Waals surface area contributed by atoms with Crippen molar-refractivity contribution in [2.24, 2.45) is 5.16 Å². The number of fused-ring (bicyclic) bond motifs is 1. The standard InChI is InChI=1S/C17H26N2O2Si/c1-8-21-18-15-13-11-12(2)9-10-14(13)19(16(15)20)22(6,7)17(3,4)5/h9-11H,8H2,1-7H3/b18-15-. The van der Waals surface area contributed by atoms with Crippen molar-refractivity contribution in [1.82, 2.24) is 0 Å². The van der Waals surface area contributed by atoms with Crippen LogP contribution in [-0.2, 0) is 9.63 Å². The van der Waals surface area contributed by atoms with Crippen molar-refractivity contribution in [2.45, 2.75) is 52.8 Å². The van der Waals surface area contributed by atoms with Crippen LogP contribution in [0.5, 0.6) is 0 Å². The zero-order valence-corrected chi connectivity index (χ0v) is 15.7. The molecule has 1 aromatic rings. The van der Waals surface area contributed by atoms with Crippen molar-refractivity contribution < 1.29 is 9.63 Å². The van der Waals surface area contributed by atoms with Crippen LogP contribution in [0.2, 0.25) is 18.1 Å². The largest absolute Gasteiger partial charge is 0.395 e. The van der Waals surface area contributed by atoms with Crippen molar-refractivity contribution in [2.75, 3.05) is 11.2 Å². The van der Waals surface area contributed by atoms with E-state index in [2.05, 4.69) is 45.1 Å². The summed E-state index contributed by atoms with van der Waals surface area (Å²) >= 11 is 0. The molecule has 0 saturated heterocycles. The summed E-state index contributed by atoms with van der Waals surface area (Å²) < 4.78 is 2.00. The quantitative estimate of drug-likeness (QED) is 0.622. The third-order valence-corrected chi connectivity index (χ3v) is 9.97. The third-order valence-electron chi connectivity index (χ3n) is 4.73. The first-order chi connectivity index (χ1) is 10.1. The number of carbonyl (C=O) groups is 1. The molecule has 5 heteroatoms. The highest BCUT2D eigenvalue weighted by atomic mass is 28.3. The van der Waals surface area contributed by atoms with Crippen LogP contribution < -0.4 is 4.57 Å². The highest BCUT2D eigenvalue weighted by molar-refractivity contribution is 6.90. The number of rotatable bonds is 3. The maximum Gasteiger partial charge on any atom is 0.273 e. The Morgan fingerprint density at radius 2 is 1.91 bits per heavy atom. The van der Waals surface area contributed by atoms with Gasteiger partial charge in [-0.25, -0.2) is 0 Å². The summed E-state index contributed by atoms with van der Waals surface area (Å²) in [6.45, 7) is 15.4. The van der Waals surface area contributed by atoms with Crippen molar-refractivity contribution >= 4 is 25.5 Å². The fourth-order valence-electron chi connectivity index (χ4n) is 2.47. The minimum absolute atomic E-state index is 0.0272. The number of hydrogen-bond donors (Lipinski definition) is 0. The summed E-state index contributed by atoms with van der Waals surface area (Å²) in [4.78, 5) is 18.2. The predicted octanol–water partition coefficient (Wildman–Crippen LogP) is 4.09. The lowest BCUT2D eigenvalue weighted by molar-refractivity contribution is -0.111. The van der Waals surface area contributed by atoms with Gasteiger partial charge in [-0.1, -0.05) is 50.7 Å². The van der Waals surface area contributed by atoms with Gasteiger partial charge in [0.25, 0.3) is 5.91 Å². The first kappa shape index (κ1) is 16.7. The minimum Gasteiger partial charge on any atom is -0.395 e. The number of hydrogen-bond acceptors (Lipinski definition) is 3. The van der Waals surface area contributed by atoms with Crippen LogP contribution in [0.1, 0.15) is 38.8 Å². The Morgan fingerprint density at radius 1 is 1.27 bits per heavy atom. The average Bonchev–Trinajstić information content (AvgIpc) is 2.67. The lowest BCUT2D eigenvalue weighted by Crippen LogP contribution is -2.57. The Labute approximate surface area is 134 Å². The van der Waals surface area contributed by atoms with Gasteiger partial charge < -0.3 is 9.40 Å². The van der Waals surface area contributed by atoms with Crippen LogP contribution in [0.3, 0.4) is 0 Å². The van der Waals surface area contributed by atoms with Crippen LogP contribution in [-0.4, -0.2) is 26.5 Å². The molecule has 120 valence electrons. The summed E-state index contributed by atoms with van der Waals surface area (Å²) in [6.07, 6.45) is 0. The highest BCUT2D eigenvalue weighted by Crippen LogP contribution is 2.44. The molecule has 0 radical (unpaired) electrons. The van der Waals surface area contributed by atoms with Crippen molar-refractivity contribution in [3.05, 3.63) is 29.3 Å². The Morgan fingerprint density at radius 3 is 2.45 bits per heavy atom. The van der Waals surface area contributed by atoms with Crippen molar-refractivity contribution in [1.29, 1.82) is 0 Å². The van der Waals surface area contributed by atoms with Gasteiger partial charge in [0.1, 0.15) is 6.61 Å². The smallest absolute Gasteiger partial charge is 0.273 e. The summed E-state index contributed by atoms with van der Waals surface area (Å²) in [5.41, 5.74) is 3.42. The molecular formula is C17H26N2O2Si. The van der Waals surface area contributed by atoms with Gasteiger partial charge in [0.15, 0.2) is 13.9 Å². The molecule has 0 atom stereocenters. The molecule has 22 heavy (non-hydrogen) atoms. The topological polar surface area (TPSA) is 41.9 Å². The fraction of sp³-hybridized carbons (Fsp3) is 0.529. The zero-order valence-electron chi connectivity index (χ0n) is 14.7. The van der Waals surface area contributed by atoms with E-state index in [4.69, 9.17) is 4.84 Å². The first-order valence-electron chi connectivity index (χ1n) is 7.76. The lowest BCUT2D eigenvalue weighted by atomic mass is 10.1. The van der Waals surface area contributed by atoms with E-state index in [1.807, 2.05) is 30.5 Å². The van der Waals surface area contributed by atoms with Crippen LogP contribution >= 0.6 is 0 Å². The Balaban J connectivity index is 2.63. The lowest BCUT2D eigenvalue weighted by Gasteiger charge is -2.43. The number of benzene rings is 1. The molecule has 0 spiro atoms. The Kier molecular flexibility index (Phi) is 4.21. The van der Waals surface area contributed by atoms with Gasteiger partial charge in [0.2, 0.25) is 0 Å². The molecule has 0 N–H and O–H groups in total. The minimum atomic E-state index is -2.04. The van der Waals surface area contributed by atoms with E-state index in [-0.39, 0.29) is 10.9 Å². The van der Waals surface area contributed by atoms with E-state index in [1.165, 1.54) is 0 Å². The Hall–Kier alpha value is -1.62. The molecule has 0 fully saturated rings. The van der Waals surface area contributed by atoms with Crippen LogP contribution in [0, 0.1) is 6.92 Å². The maximum atomic E-state index is 13.0. The molecule has 1 aliphatic rings. The van der Waals surface area contributed by atoms with E-state index in [1.54, 1.807) is 0 Å². The number of nitrogens with zero attached hydrogens (tertiary/aromatic N) is 2. The normalized spacial score (nSPS) is 17.1. The van der Waals surface area contributed by atoms with Crippen LogP contribution in [0.4, 0.5) is 5.69 Å². The van der Waals surface area contributed by atoms with E-state index in [0.717, 1.165) is 16.8 Å². The molecule has 1 aliphatic heterocycles. The monoisotopic (exact) mass is 318 g/mol. The van der Waals surface area contributed by atoms with Crippen LogP contribution in [0.25, 0.3) is 0 Å². The SMILES string of the molecule is CCO/N=C1\C(=O)N([Si](C)(C)C(C)(C)C)c2ccc(C)cc21. The molecule has 4 nitrogen and oxygen atoms in total. The van der Waals surface area contributed by atoms with E-state index in [9.17, 15) is 4.79 Å². The van der Waals surface area contributed by atoms with Gasteiger partial charge >= 0.3 is 0 Å². The number of anilines is 1. The average molecular weight is 318 g/mol.